The number of carbonyl (C=O) groups is 1. The fourth-order valence-corrected chi connectivity index (χ4v) is 2.42. The van der Waals surface area contributed by atoms with Crippen LogP contribution in [-0.2, 0) is 24.7 Å². The second-order valence-corrected chi connectivity index (χ2v) is 5.34. The molecule has 0 saturated carbocycles. The molecule has 1 atom stereocenters. The lowest BCUT2D eigenvalue weighted by Crippen LogP contribution is -2.35. The molecule has 0 fully saturated rings. The van der Waals surface area contributed by atoms with Gasteiger partial charge >= 0.3 is 0 Å². The molecule has 0 saturated heterocycles. The summed E-state index contributed by atoms with van der Waals surface area (Å²) >= 11 is 0. The number of rotatable bonds is 7. The van der Waals surface area contributed by atoms with Gasteiger partial charge in [0.1, 0.15) is 24.5 Å². The predicted octanol–water partition coefficient (Wildman–Crippen LogP) is -0.0557. The van der Waals surface area contributed by atoms with Crippen LogP contribution in [0.3, 0.4) is 0 Å². The highest BCUT2D eigenvalue weighted by atomic mass is 16.2. The normalized spacial score (nSPS) is 12.0. The molecule has 0 unspecified atom stereocenters. The highest BCUT2D eigenvalue weighted by molar-refractivity contribution is 5.80. The minimum Gasteiger partial charge on any atom is -0.354 e. The van der Waals surface area contributed by atoms with E-state index in [1.807, 2.05) is 37.4 Å². The first-order valence-electron chi connectivity index (χ1n) is 7.61. The molecule has 124 valence electrons. The Morgan fingerprint density at radius 3 is 2.79 bits per heavy atom. The summed E-state index contributed by atoms with van der Waals surface area (Å²) in [5.74, 6) is 0.686. The SMILES string of the molecule is Cn1ncnc1CCNC(=O)[C@@H](Cc1ccccc1)n1cnnn1. The van der Waals surface area contributed by atoms with Gasteiger partial charge in [0, 0.05) is 26.4 Å². The molecule has 24 heavy (non-hydrogen) atoms. The minimum atomic E-state index is -0.498. The summed E-state index contributed by atoms with van der Waals surface area (Å²) in [6.07, 6.45) is 4.07. The van der Waals surface area contributed by atoms with Crippen molar-refractivity contribution >= 4 is 5.91 Å². The minimum absolute atomic E-state index is 0.131. The molecule has 9 nitrogen and oxygen atoms in total. The van der Waals surface area contributed by atoms with Gasteiger partial charge in [0.05, 0.1) is 0 Å². The standard InChI is InChI=1S/C15H18N8O/c1-22-14(17-10-19-22)7-8-16-15(24)13(23-11-18-20-21-23)9-12-5-3-2-4-6-12/h2-6,10-11,13H,7-9H2,1H3,(H,16,24)/t13-/m1/s1. The van der Waals surface area contributed by atoms with E-state index in [4.69, 9.17) is 0 Å². The van der Waals surface area contributed by atoms with Crippen LogP contribution in [0.2, 0.25) is 0 Å². The van der Waals surface area contributed by atoms with Crippen molar-refractivity contribution < 1.29 is 4.79 Å². The average Bonchev–Trinajstić information content (AvgIpc) is 3.26. The molecule has 1 N–H and O–H groups in total. The van der Waals surface area contributed by atoms with Crippen LogP contribution < -0.4 is 5.32 Å². The van der Waals surface area contributed by atoms with E-state index >= 15 is 0 Å². The van der Waals surface area contributed by atoms with E-state index in [9.17, 15) is 4.79 Å². The summed E-state index contributed by atoms with van der Waals surface area (Å²) in [6, 6.07) is 9.28. The van der Waals surface area contributed by atoms with E-state index in [1.54, 1.807) is 4.68 Å². The van der Waals surface area contributed by atoms with Crippen LogP contribution in [0, 0.1) is 0 Å². The molecule has 0 spiro atoms. The monoisotopic (exact) mass is 326 g/mol. The van der Waals surface area contributed by atoms with Gasteiger partial charge in [-0.1, -0.05) is 30.3 Å². The lowest BCUT2D eigenvalue weighted by atomic mass is 10.1. The smallest absolute Gasteiger partial charge is 0.245 e. The van der Waals surface area contributed by atoms with Crippen molar-refractivity contribution in [1.82, 2.24) is 40.3 Å². The van der Waals surface area contributed by atoms with Crippen molar-refractivity contribution in [3.05, 3.63) is 54.4 Å². The Labute approximate surface area is 138 Å². The molecule has 1 amide bonds. The maximum atomic E-state index is 12.6. The fraction of sp³-hybridized carbons (Fsp3) is 0.333. The number of amides is 1. The van der Waals surface area contributed by atoms with Gasteiger partial charge in [0.25, 0.3) is 0 Å². The van der Waals surface area contributed by atoms with E-state index in [0.29, 0.717) is 19.4 Å². The zero-order valence-electron chi connectivity index (χ0n) is 13.3. The molecule has 0 aliphatic carbocycles. The number of carbonyl (C=O) groups excluding carboxylic acids is 1. The summed E-state index contributed by atoms with van der Waals surface area (Å²) in [4.78, 5) is 16.7. The summed E-state index contributed by atoms with van der Waals surface area (Å²) in [7, 11) is 1.82. The zero-order chi connectivity index (χ0) is 16.8. The van der Waals surface area contributed by atoms with Crippen molar-refractivity contribution in [3.8, 4) is 0 Å². The van der Waals surface area contributed by atoms with E-state index in [0.717, 1.165) is 11.4 Å². The predicted molar refractivity (Wildman–Crippen MR) is 84.7 cm³/mol. The molecule has 9 heteroatoms. The number of aryl methyl sites for hydroxylation is 1. The third kappa shape index (κ3) is 3.80. The molecule has 0 aliphatic rings. The number of hydrogen-bond donors (Lipinski definition) is 1. The number of aromatic nitrogens is 7. The van der Waals surface area contributed by atoms with Gasteiger partial charge in [-0.25, -0.2) is 9.67 Å². The Hall–Kier alpha value is -3.10. The lowest BCUT2D eigenvalue weighted by molar-refractivity contribution is -0.124. The second-order valence-electron chi connectivity index (χ2n) is 5.34. The van der Waals surface area contributed by atoms with E-state index in [1.165, 1.54) is 17.3 Å². The summed E-state index contributed by atoms with van der Waals surface area (Å²) in [5.41, 5.74) is 1.04. The van der Waals surface area contributed by atoms with Crippen LogP contribution in [0.4, 0.5) is 0 Å². The first-order valence-corrected chi connectivity index (χ1v) is 7.61. The summed E-state index contributed by atoms with van der Waals surface area (Å²) < 4.78 is 3.17. The molecular weight excluding hydrogens is 308 g/mol. The van der Waals surface area contributed by atoms with Gasteiger partial charge in [0.15, 0.2) is 0 Å². The highest BCUT2D eigenvalue weighted by Gasteiger charge is 2.22. The van der Waals surface area contributed by atoms with Crippen LogP contribution >= 0.6 is 0 Å². The van der Waals surface area contributed by atoms with Crippen molar-refractivity contribution in [2.24, 2.45) is 7.05 Å². The summed E-state index contributed by atoms with van der Waals surface area (Å²) in [6.45, 7) is 0.471. The van der Waals surface area contributed by atoms with E-state index in [-0.39, 0.29) is 5.91 Å². The Morgan fingerprint density at radius 1 is 1.29 bits per heavy atom. The zero-order valence-corrected chi connectivity index (χ0v) is 13.3. The number of benzene rings is 1. The molecule has 2 aromatic heterocycles. The van der Waals surface area contributed by atoms with Crippen LogP contribution in [0.25, 0.3) is 0 Å². The number of tetrazole rings is 1. The molecule has 3 aromatic rings. The fourth-order valence-electron chi connectivity index (χ4n) is 2.42. The van der Waals surface area contributed by atoms with Gasteiger partial charge in [-0.2, -0.15) is 5.10 Å². The number of nitrogens with zero attached hydrogens (tertiary/aromatic N) is 7. The van der Waals surface area contributed by atoms with Gasteiger partial charge in [-0.3, -0.25) is 9.48 Å². The van der Waals surface area contributed by atoms with Crippen LogP contribution in [0.1, 0.15) is 17.4 Å². The molecule has 1 aromatic carbocycles. The van der Waals surface area contributed by atoms with Crippen molar-refractivity contribution in [2.75, 3.05) is 6.54 Å². The molecule has 3 rings (SSSR count). The molecule has 0 radical (unpaired) electrons. The number of nitrogens with one attached hydrogen (secondary N) is 1. The van der Waals surface area contributed by atoms with Crippen LogP contribution in [-0.4, -0.2) is 47.4 Å². The van der Waals surface area contributed by atoms with Gasteiger partial charge in [0.2, 0.25) is 5.91 Å². The Balaban J connectivity index is 1.64. The van der Waals surface area contributed by atoms with Gasteiger partial charge < -0.3 is 5.32 Å². The van der Waals surface area contributed by atoms with E-state index < -0.39 is 6.04 Å². The highest BCUT2D eigenvalue weighted by Crippen LogP contribution is 2.13. The average molecular weight is 326 g/mol. The third-order valence-corrected chi connectivity index (χ3v) is 3.71. The Kier molecular flexibility index (Phi) is 4.90. The topological polar surface area (TPSA) is 103 Å². The van der Waals surface area contributed by atoms with Crippen molar-refractivity contribution in [3.63, 3.8) is 0 Å². The molecule has 0 bridgehead atoms. The quantitative estimate of drug-likeness (QED) is 0.652. The summed E-state index contributed by atoms with van der Waals surface area (Å²) in [5, 5.41) is 18.1. The molecular formula is C15H18N8O. The first-order chi connectivity index (χ1) is 11.7. The lowest BCUT2D eigenvalue weighted by Gasteiger charge is -2.16. The van der Waals surface area contributed by atoms with Crippen molar-refractivity contribution in [2.45, 2.75) is 18.9 Å². The molecule has 0 aliphatic heterocycles. The van der Waals surface area contributed by atoms with E-state index in [2.05, 4.69) is 30.9 Å². The van der Waals surface area contributed by atoms with Crippen LogP contribution in [0.15, 0.2) is 43.0 Å². The molecule has 2 heterocycles. The Bertz CT molecular complexity index is 768. The largest absolute Gasteiger partial charge is 0.354 e. The first kappa shape index (κ1) is 15.8. The third-order valence-electron chi connectivity index (χ3n) is 3.71. The number of hydrogen-bond acceptors (Lipinski definition) is 6. The Morgan fingerprint density at radius 2 is 2.12 bits per heavy atom. The van der Waals surface area contributed by atoms with Gasteiger partial charge in [-0.05, 0) is 16.0 Å². The second kappa shape index (κ2) is 7.44. The maximum absolute atomic E-state index is 12.6. The van der Waals surface area contributed by atoms with Crippen molar-refractivity contribution in [1.29, 1.82) is 0 Å². The van der Waals surface area contributed by atoms with Crippen LogP contribution in [0.5, 0.6) is 0 Å². The van der Waals surface area contributed by atoms with Gasteiger partial charge in [-0.15, -0.1) is 5.10 Å². The maximum Gasteiger partial charge on any atom is 0.245 e.